The molecule has 0 fully saturated rings. The van der Waals surface area contributed by atoms with Crippen molar-refractivity contribution in [3.05, 3.63) is 35.4 Å². The summed E-state index contributed by atoms with van der Waals surface area (Å²) >= 11 is 0. The molecule has 1 rings (SSSR count). The predicted octanol–water partition coefficient (Wildman–Crippen LogP) is 1.39. The molecule has 0 aromatic heterocycles. The molecule has 1 aromatic carbocycles. The molecule has 2 unspecified atom stereocenters. The first kappa shape index (κ1) is 15.1. The molecule has 0 aliphatic rings. The van der Waals surface area contributed by atoms with Crippen molar-refractivity contribution in [1.82, 2.24) is 0 Å². The highest BCUT2D eigenvalue weighted by molar-refractivity contribution is 5.30. The topological polar surface area (TPSA) is 58.9 Å². The molecular formula is C14H22O4. The smallest absolute Gasteiger partial charge is 0.110 e. The monoisotopic (exact) mass is 254 g/mol. The summed E-state index contributed by atoms with van der Waals surface area (Å²) in [5.74, 6) is 0. The number of benzene rings is 1. The Morgan fingerprint density at radius 3 is 1.33 bits per heavy atom. The normalized spacial score (nSPS) is 18.1. The van der Waals surface area contributed by atoms with Gasteiger partial charge in [0.2, 0.25) is 0 Å². The molecular weight excluding hydrogens is 232 g/mol. The van der Waals surface area contributed by atoms with Crippen LogP contribution in [0.25, 0.3) is 0 Å². The molecule has 4 heteroatoms. The van der Waals surface area contributed by atoms with E-state index in [2.05, 4.69) is 0 Å². The van der Waals surface area contributed by atoms with Crippen molar-refractivity contribution in [1.29, 1.82) is 0 Å². The molecule has 2 atom stereocenters. The molecule has 0 amide bonds. The second kappa shape index (κ2) is 5.80. The maximum atomic E-state index is 10.2. The molecule has 4 nitrogen and oxygen atoms in total. The second-order valence-corrected chi connectivity index (χ2v) is 4.99. The van der Waals surface area contributed by atoms with E-state index in [4.69, 9.17) is 9.47 Å². The van der Waals surface area contributed by atoms with Crippen LogP contribution in [-0.2, 0) is 20.7 Å². The third-order valence-electron chi connectivity index (χ3n) is 2.98. The van der Waals surface area contributed by atoms with Crippen molar-refractivity contribution in [3.8, 4) is 0 Å². The predicted molar refractivity (Wildman–Crippen MR) is 69.3 cm³/mol. The summed E-state index contributed by atoms with van der Waals surface area (Å²) < 4.78 is 9.96. The third kappa shape index (κ3) is 3.53. The molecule has 0 aliphatic heterocycles. The zero-order valence-corrected chi connectivity index (χ0v) is 11.4. The van der Waals surface area contributed by atoms with Crippen molar-refractivity contribution in [2.75, 3.05) is 27.4 Å². The van der Waals surface area contributed by atoms with Crippen LogP contribution in [0.2, 0.25) is 0 Å². The van der Waals surface area contributed by atoms with Crippen molar-refractivity contribution >= 4 is 0 Å². The van der Waals surface area contributed by atoms with E-state index in [-0.39, 0.29) is 13.2 Å². The van der Waals surface area contributed by atoms with Gasteiger partial charge in [-0.1, -0.05) is 24.3 Å². The van der Waals surface area contributed by atoms with Crippen LogP contribution in [-0.4, -0.2) is 37.6 Å². The Hall–Kier alpha value is -0.940. The van der Waals surface area contributed by atoms with Gasteiger partial charge >= 0.3 is 0 Å². The van der Waals surface area contributed by atoms with Crippen LogP contribution in [0.1, 0.15) is 25.0 Å². The average Bonchev–Trinajstić information content (AvgIpc) is 2.29. The maximum absolute atomic E-state index is 10.2. The first-order chi connectivity index (χ1) is 8.33. The number of ether oxygens (including phenoxy) is 2. The van der Waals surface area contributed by atoms with Gasteiger partial charge in [-0.25, -0.2) is 0 Å². The molecule has 0 aliphatic carbocycles. The molecule has 0 bridgehead atoms. The lowest BCUT2D eigenvalue weighted by atomic mass is 9.91. The zero-order valence-electron chi connectivity index (χ0n) is 11.4. The Bertz CT molecular complexity index is 331. The van der Waals surface area contributed by atoms with Crippen LogP contribution < -0.4 is 0 Å². The lowest BCUT2D eigenvalue weighted by Gasteiger charge is -2.26. The maximum Gasteiger partial charge on any atom is 0.110 e. The minimum Gasteiger partial charge on any atom is -0.383 e. The molecule has 18 heavy (non-hydrogen) atoms. The Morgan fingerprint density at radius 2 is 1.11 bits per heavy atom. The van der Waals surface area contributed by atoms with E-state index in [9.17, 15) is 10.2 Å². The van der Waals surface area contributed by atoms with Gasteiger partial charge < -0.3 is 19.7 Å². The Kier molecular flexibility index (Phi) is 4.87. The van der Waals surface area contributed by atoms with Gasteiger partial charge in [-0.3, -0.25) is 0 Å². The highest BCUT2D eigenvalue weighted by atomic mass is 16.5. The van der Waals surface area contributed by atoms with Crippen molar-refractivity contribution in [2.45, 2.75) is 25.0 Å². The quantitative estimate of drug-likeness (QED) is 0.805. The summed E-state index contributed by atoms with van der Waals surface area (Å²) in [5.41, 5.74) is -0.552. The number of aliphatic hydroxyl groups is 2. The summed E-state index contributed by atoms with van der Waals surface area (Å²) in [4.78, 5) is 0. The van der Waals surface area contributed by atoms with Gasteiger partial charge in [0.1, 0.15) is 11.2 Å². The summed E-state index contributed by atoms with van der Waals surface area (Å²) in [7, 11) is 3.10. The van der Waals surface area contributed by atoms with E-state index in [1.165, 1.54) is 0 Å². The lowest BCUT2D eigenvalue weighted by molar-refractivity contribution is -0.0235. The summed E-state index contributed by atoms with van der Waals surface area (Å²) in [6, 6.07) is 7.16. The average molecular weight is 254 g/mol. The van der Waals surface area contributed by atoms with Crippen LogP contribution in [0.5, 0.6) is 0 Å². The van der Waals surface area contributed by atoms with Crippen LogP contribution >= 0.6 is 0 Å². The highest BCUT2D eigenvalue weighted by Crippen LogP contribution is 2.25. The SMILES string of the molecule is COCC(C)(O)c1ccc(C(C)(O)COC)cc1. The fourth-order valence-corrected chi connectivity index (χ4v) is 1.92. The summed E-state index contributed by atoms with van der Waals surface area (Å²) in [6.45, 7) is 3.83. The van der Waals surface area contributed by atoms with E-state index in [1.807, 2.05) is 0 Å². The first-order valence-corrected chi connectivity index (χ1v) is 5.87. The Labute approximate surface area is 108 Å². The lowest BCUT2D eigenvalue weighted by Crippen LogP contribution is -2.29. The number of methoxy groups -OCH3 is 2. The van der Waals surface area contributed by atoms with E-state index < -0.39 is 11.2 Å². The van der Waals surface area contributed by atoms with E-state index in [1.54, 1.807) is 52.3 Å². The number of rotatable bonds is 6. The van der Waals surface area contributed by atoms with E-state index >= 15 is 0 Å². The molecule has 0 saturated heterocycles. The zero-order chi connectivity index (χ0) is 13.8. The third-order valence-corrected chi connectivity index (χ3v) is 2.98. The first-order valence-electron chi connectivity index (χ1n) is 5.87. The van der Waals surface area contributed by atoms with Crippen LogP contribution in [0.15, 0.2) is 24.3 Å². The van der Waals surface area contributed by atoms with Crippen LogP contribution in [0.3, 0.4) is 0 Å². The molecule has 2 N–H and O–H groups in total. The van der Waals surface area contributed by atoms with Crippen molar-refractivity contribution in [2.24, 2.45) is 0 Å². The highest BCUT2D eigenvalue weighted by Gasteiger charge is 2.26. The van der Waals surface area contributed by atoms with Crippen LogP contribution in [0.4, 0.5) is 0 Å². The standard InChI is InChI=1S/C14H22O4/c1-13(15,9-17-3)11-5-7-12(8-6-11)14(2,16)10-18-4/h5-8,15-16H,9-10H2,1-4H3. The van der Waals surface area contributed by atoms with Gasteiger partial charge in [-0.15, -0.1) is 0 Å². The van der Waals surface area contributed by atoms with Gasteiger partial charge in [0.15, 0.2) is 0 Å². The van der Waals surface area contributed by atoms with Crippen molar-refractivity contribution < 1.29 is 19.7 Å². The van der Waals surface area contributed by atoms with Gasteiger partial charge in [0, 0.05) is 14.2 Å². The Balaban J connectivity index is 2.92. The molecule has 0 heterocycles. The van der Waals surface area contributed by atoms with E-state index in [0.717, 1.165) is 11.1 Å². The summed E-state index contributed by atoms with van der Waals surface area (Å²) in [5, 5.41) is 20.3. The molecule has 0 saturated carbocycles. The fraction of sp³-hybridized carbons (Fsp3) is 0.571. The fourth-order valence-electron chi connectivity index (χ4n) is 1.92. The number of hydrogen-bond acceptors (Lipinski definition) is 4. The van der Waals surface area contributed by atoms with Gasteiger partial charge in [0.25, 0.3) is 0 Å². The minimum absolute atomic E-state index is 0.223. The molecule has 102 valence electrons. The van der Waals surface area contributed by atoms with Gasteiger partial charge in [-0.2, -0.15) is 0 Å². The van der Waals surface area contributed by atoms with Crippen molar-refractivity contribution in [3.63, 3.8) is 0 Å². The van der Waals surface area contributed by atoms with Gasteiger partial charge in [0.05, 0.1) is 13.2 Å². The Morgan fingerprint density at radius 1 is 0.833 bits per heavy atom. The molecule has 0 radical (unpaired) electrons. The van der Waals surface area contributed by atoms with Crippen LogP contribution in [0, 0.1) is 0 Å². The van der Waals surface area contributed by atoms with E-state index in [0.29, 0.717) is 0 Å². The second-order valence-electron chi connectivity index (χ2n) is 4.99. The molecule has 1 aromatic rings. The number of hydrogen-bond donors (Lipinski definition) is 2. The summed E-state index contributed by atoms with van der Waals surface area (Å²) in [6.07, 6.45) is 0. The largest absolute Gasteiger partial charge is 0.383 e. The molecule has 0 spiro atoms. The minimum atomic E-state index is -1.03. The van der Waals surface area contributed by atoms with Gasteiger partial charge in [-0.05, 0) is 25.0 Å².